The number of aromatic nitrogens is 1. The number of anilines is 2. The zero-order valence-corrected chi connectivity index (χ0v) is 14.9. The van der Waals surface area contributed by atoms with E-state index < -0.39 is 0 Å². The highest BCUT2D eigenvalue weighted by molar-refractivity contribution is 5.94. The van der Waals surface area contributed by atoms with Crippen LogP contribution in [0, 0.1) is 6.92 Å². The number of nitrogens with one attached hydrogen (secondary N) is 2. The quantitative estimate of drug-likeness (QED) is 0.697. The largest absolute Gasteiger partial charge is 0.354 e. The Morgan fingerprint density at radius 2 is 2.00 bits per heavy atom. The summed E-state index contributed by atoms with van der Waals surface area (Å²) in [5, 5.41) is 6.37. The number of rotatable bonds is 8. The second-order valence-electron chi connectivity index (χ2n) is 6.01. The summed E-state index contributed by atoms with van der Waals surface area (Å²) in [5.41, 5.74) is 4.96. The predicted octanol–water partition coefficient (Wildman–Crippen LogP) is 4.62. The van der Waals surface area contributed by atoms with Gasteiger partial charge in [-0.25, -0.2) is 0 Å². The first-order chi connectivity index (χ1) is 11.7. The molecule has 1 heterocycles. The summed E-state index contributed by atoms with van der Waals surface area (Å²) in [5.74, 6) is -0.0669. The van der Waals surface area contributed by atoms with Gasteiger partial charge < -0.3 is 10.6 Å². The van der Waals surface area contributed by atoms with Crippen LogP contribution in [0.1, 0.15) is 54.6 Å². The normalized spacial score (nSPS) is 10.5. The van der Waals surface area contributed by atoms with Gasteiger partial charge >= 0.3 is 0 Å². The number of carbonyl (C=O) groups excluding carboxylic acids is 1. The van der Waals surface area contributed by atoms with Crippen LogP contribution in [0.3, 0.4) is 0 Å². The molecule has 0 aliphatic rings. The molecule has 0 bridgehead atoms. The summed E-state index contributed by atoms with van der Waals surface area (Å²) in [6.07, 6.45) is 7.60. The highest BCUT2D eigenvalue weighted by Crippen LogP contribution is 2.25. The number of hydrogen-bond acceptors (Lipinski definition) is 3. The van der Waals surface area contributed by atoms with Crippen LogP contribution in [0.2, 0.25) is 0 Å². The highest BCUT2D eigenvalue weighted by atomic mass is 16.1. The molecular weight excluding hydrogens is 298 g/mol. The molecule has 4 nitrogen and oxygen atoms in total. The van der Waals surface area contributed by atoms with Gasteiger partial charge in [0.2, 0.25) is 0 Å². The van der Waals surface area contributed by atoms with Crippen LogP contribution < -0.4 is 10.6 Å². The Labute approximate surface area is 144 Å². The molecule has 2 aromatic rings. The maximum Gasteiger partial charge on any atom is 0.252 e. The third-order valence-corrected chi connectivity index (χ3v) is 4.08. The number of aryl methyl sites for hydroxylation is 2. The minimum Gasteiger partial charge on any atom is -0.354 e. The van der Waals surface area contributed by atoms with Gasteiger partial charge in [-0.3, -0.25) is 9.78 Å². The minimum absolute atomic E-state index is 0.0669. The molecule has 0 spiro atoms. The Bertz CT molecular complexity index is 682. The van der Waals surface area contributed by atoms with Crippen molar-refractivity contribution in [2.75, 3.05) is 11.9 Å². The van der Waals surface area contributed by atoms with Crippen molar-refractivity contribution in [1.82, 2.24) is 10.3 Å². The first kappa shape index (κ1) is 18.0. The van der Waals surface area contributed by atoms with Crippen LogP contribution in [0.25, 0.3) is 0 Å². The lowest BCUT2D eigenvalue weighted by Crippen LogP contribution is -2.24. The summed E-state index contributed by atoms with van der Waals surface area (Å²) in [6, 6.07) is 8.12. The van der Waals surface area contributed by atoms with Crippen LogP contribution in [-0.2, 0) is 6.42 Å². The van der Waals surface area contributed by atoms with Crippen molar-refractivity contribution in [3.05, 3.63) is 53.3 Å². The zero-order valence-electron chi connectivity index (χ0n) is 14.9. The smallest absolute Gasteiger partial charge is 0.252 e. The first-order valence-corrected chi connectivity index (χ1v) is 8.74. The van der Waals surface area contributed by atoms with E-state index in [0.29, 0.717) is 12.1 Å². The molecule has 2 rings (SSSR count). The maximum atomic E-state index is 12.2. The molecule has 4 heteroatoms. The fraction of sp³-hybridized carbons (Fsp3) is 0.400. The summed E-state index contributed by atoms with van der Waals surface area (Å²) >= 11 is 0. The van der Waals surface area contributed by atoms with Crippen LogP contribution >= 0.6 is 0 Å². The number of hydrogen-bond donors (Lipinski definition) is 2. The van der Waals surface area contributed by atoms with Crippen LogP contribution in [-0.4, -0.2) is 17.4 Å². The standard InChI is InChI=1S/C20H27N3O/c1-4-6-7-11-22-20(24)17-12-18(14-21-13-17)23-19-15(3)9-8-10-16(19)5-2/h8-10,12-14,23H,4-7,11H2,1-3H3,(H,22,24). The average molecular weight is 325 g/mol. The molecular formula is C20H27N3O. The molecule has 0 radical (unpaired) electrons. The van der Waals surface area contributed by atoms with Crippen LogP contribution in [0.5, 0.6) is 0 Å². The molecule has 0 fully saturated rings. The van der Waals surface area contributed by atoms with Gasteiger partial charge in [0.05, 0.1) is 17.4 Å². The molecule has 1 amide bonds. The molecule has 1 aromatic carbocycles. The third-order valence-electron chi connectivity index (χ3n) is 4.08. The predicted molar refractivity (Wildman–Crippen MR) is 99.9 cm³/mol. The number of amides is 1. The van der Waals surface area contributed by atoms with E-state index in [2.05, 4.69) is 54.6 Å². The number of carbonyl (C=O) groups is 1. The molecule has 0 atom stereocenters. The van der Waals surface area contributed by atoms with E-state index in [1.54, 1.807) is 12.4 Å². The molecule has 128 valence electrons. The second kappa shape index (κ2) is 9.06. The van der Waals surface area contributed by atoms with Crippen molar-refractivity contribution in [3.8, 4) is 0 Å². The summed E-state index contributed by atoms with van der Waals surface area (Å²) in [7, 11) is 0. The van der Waals surface area contributed by atoms with Gasteiger partial charge in [-0.15, -0.1) is 0 Å². The van der Waals surface area contributed by atoms with Crippen LogP contribution in [0.15, 0.2) is 36.7 Å². The Morgan fingerprint density at radius 3 is 2.75 bits per heavy atom. The van der Waals surface area contributed by atoms with Gasteiger partial charge in [-0.2, -0.15) is 0 Å². The van der Waals surface area contributed by atoms with E-state index in [1.165, 1.54) is 11.1 Å². The second-order valence-corrected chi connectivity index (χ2v) is 6.01. The van der Waals surface area contributed by atoms with Crippen LogP contribution in [0.4, 0.5) is 11.4 Å². The lowest BCUT2D eigenvalue weighted by Gasteiger charge is -2.14. The molecule has 0 saturated heterocycles. The van der Waals surface area contributed by atoms with Crippen molar-refractivity contribution >= 4 is 17.3 Å². The van der Waals surface area contributed by atoms with Crippen molar-refractivity contribution in [2.24, 2.45) is 0 Å². The van der Waals surface area contributed by atoms with Gasteiger partial charge in [-0.1, -0.05) is 44.9 Å². The van der Waals surface area contributed by atoms with E-state index >= 15 is 0 Å². The molecule has 0 saturated carbocycles. The fourth-order valence-corrected chi connectivity index (χ4v) is 2.66. The maximum absolute atomic E-state index is 12.2. The Morgan fingerprint density at radius 1 is 1.17 bits per heavy atom. The number of unbranched alkanes of at least 4 members (excludes halogenated alkanes) is 2. The van der Waals surface area contributed by atoms with Crippen molar-refractivity contribution in [1.29, 1.82) is 0 Å². The van der Waals surface area contributed by atoms with Crippen molar-refractivity contribution in [3.63, 3.8) is 0 Å². The van der Waals surface area contributed by atoms with Crippen molar-refractivity contribution < 1.29 is 4.79 Å². The molecule has 24 heavy (non-hydrogen) atoms. The fourth-order valence-electron chi connectivity index (χ4n) is 2.66. The van der Waals surface area contributed by atoms with E-state index in [-0.39, 0.29) is 5.91 Å². The van der Waals surface area contributed by atoms with E-state index in [4.69, 9.17) is 0 Å². The third kappa shape index (κ3) is 4.82. The summed E-state index contributed by atoms with van der Waals surface area (Å²) < 4.78 is 0. The van der Waals surface area contributed by atoms with Gasteiger partial charge in [0.1, 0.15) is 0 Å². The molecule has 0 aliphatic heterocycles. The summed E-state index contributed by atoms with van der Waals surface area (Å²) in [6.45, 7) is 7.08. The molecule has 1 aromatic heterocycles. The van der Waals surface area contributed by atoms with E-state index in [1.807, 2.05) is 6.07 Å². The Balaban J connectivity index is 2.09. The van der Waals surface area contributed by atoms with Crippen molar-refractivity contribution in [2.45, 2.75) is 46.5 Å². The minimum atomic E-state index is -0.0669. The monoisotopic (exact) mass is 325 g/mol. The molecule has 2 N–H and O–H groups in total. The summed E-state index contributed by atoms with van der Waals surface area (Å²) in [4.78, 5) is 16.4. The van der Waals surface area contributed by atoms with Gasteiger partial charge in [0.25, 0.3) is 5.91 Å². The lowest BCUT2D eigenvalue weighted by molar-refractivity contribution is 0.0952. The lowest BCUT2D eigenvalue weighted by atomic mass is 10.1. The topological polar surface area (TPSA) is 54.0 Å². The molecule has 0 aliphatic carbocycles. The molecule has 0 unspecified atom stereocenters. The number of nitrogens with zero attached hydrogens (tertiary/aromatic N) is 1. The highest BCUT2D eigenvalue weighted by Gasteiger charge is 2.09. The van der Waals surface area contributed by atoms with Gasteiger partial charge in [-0.05, 0) is 37.0 Å². The first-order valence-electron chi connectivity index (χ1n) is 8.74. The van der Waals surface area contributed by atoms with Gasteiger partial charge in [0.15, 0.2) is 0 Å². The number of para-hydroxylation sites is 1. The number of pyridine rings is 1. The Hall–Kier alpha value is -2.36. The SMILES string of the molecule is CCCCCNC(=O)c1cncc(Nc2c(C)cccc2CC)c1. The zero-order chi connectivity index (χ0) is 17.4. The Kier molecular flexibility index (Phi) is 6.79. The van der Waals surface area contributed by atoms with Gasteiger partial charge in [0, 0.05) is 18.4 Å². The number of benzene rings is 1. The van der Waals surface area contributed by atoms with E-state index in [9.17, 15) is 4.79 Å². The van der Waals surface area contributed by atoms with E-state index in [0.717, 1.165) is 37.1 Å². The average Bonchev–Trinajstić information content (AvgIpc) is 2.60.